The molecular weight excluding hydrogens is 440 g/mol. The van der Waals surface area contributed by atoms with Gasteiger partial charge in [-0.2, -0.15) is 0 Å². The van der Waals surface area contributed by atoms with Crippen LogP contribution in [0.3, 0.4) is 0 Å². The molecule has 2 aromatic carbocycles. The molecule has 1 aliphatic carbocycles. The van der Waals surface area contributed by atoms with Crippen LogP contribution in [0.2, 0.25) is 18.1 Å². The molecule has 0 aromatic heterocycles. The zero-order chi connectivity index (χ0) is 24.3. The van der Waals surface area contributed by atoms with Crippen LogP contribution < -0.4 is 4.74 Å². The fraction of sp³-hybridized carbons (Fsp3) is 0.636. The van der Waals surface area contributed by atoms with E-state index in [-0.39, 0.29) is 8.80 Å². The number of unbranched alkanes of at least 4 members (excludes halogenated alkanes) is 2. The molecular formula is C33H50OSi. The molecule has 0 unspecified atom stereocenters. The van der Waals surface area contributed by atoms with Crippen molar-refractivity contribution >= 4 is 8.80 Å². The Morgan fingerprint density at radius 2 is 1.34 bits per heavy atom. The van der Waals surface area contributed by atoms with Crippen LogP contribution in [-0.2, 0) is 6.42 Å². The van der Waals surface area contributed by atoms with Gasteiger partial charge in [-0.05, 0) is 78.7 Å². The molecule has 192 valence electrons. The second kappa shape index (κ2) is 14.3. The summed E-state index contributed by atoms with van der Waals surface area (Å²) in [6, 6.07) is 22.9. The molecule has 0 spiro atoms. The fourth-order valence-electron chi connectivity index (χ4n) is 6.83. The summed E-state index contributed by atoms with van der Waals surface area (Å²) in [6.07, 6.45) is 16.9. The molecule has 0 bridgehead atoms. The van der Waals surface area contributed by atoms with E-state index < -0.39 is 0 Å². The Labute approximate surface area is 217 Å². The van der Waals surface area contributed by atoms with E-state index in [1.807, 2.05) is 0 Å². The summed E-state index contributed by atoms with van der Waals surface area (Å²) in [5.74, 6) is 4.10. The molecule has 4 rings (SSSR count). The molecule has 0 N–H and O–H groups in total. The van der Waals surface area contributed by atoms with E-state index in [9.17, 15) is 0 Å². The Kier molecular flexibility index (Phi) is 10.8. The monoisotopic (exact) mass is 490 g/mol. The van der Waals surface area contributed by atoms with Gasteiger partial charge in [-0.1, -0.05) is 113 Å². The van der Waals surface area contributed by atoms with Crippen molar-refractivity contribution in [1.82, 2.24) is 0 Å². The minimum atomic E-state index is -0.316. The van der Waals surface area contributed by atoms with Crippen LogP contribution in [0.1, 0.15) is 90.0 Å². The Bertz CT molecular complexity index is 826. The summed E-state index contributed by atoms with van der Waals surface area (Å²) in [5.41, 5.74) is 4.09. The zero-order valence-corrected chi connectivity index (χ0v) is 23.8. The van der Waals surface area contributed by atoms with E-state index in [0.717, 1.165) is 36.5 Å². The van der Waals surface area contributed by atoms with E-state index >= 15 is 0 Å². The summed E-state index contributed by atoms with van der Waals surface area (Å²) in [4.78, 5) is 0. The quantitative estimate of drug-likeness (QED) is 0.212. The standard InChI is InChI=1S/C33H50OSi/c1-3-5-6-23-34-33-19-17-31(18-20-33)29-13-9-27(10-14-29)7-8-28-11-15-30(16-12-28)32-21-25-35(24-4-2)26-22-32/h9-10,13-14,17-20,28,30,32,35H,3-8,11-12,15-16,21-26H2,1-2H3. The maximum absolute atomic E-state index is 5.86. The van der Waals surface area contributed by atoms with Gasteiger partial charge in [-0.15, -0.1) is 0 Å². The normalized spacial score (nSPS) is 24.9. The van der Waals surface area contributed by atoms with Crippen LogP contribution in [0, 0.1) is 17.8 Å². The first-order valence-electron chi connectivity index (χ1n) is 15.1. The lowest BCUT2D eigenvalue weighted by atomic mass is 9.73. The summed E-state index contributed by atoms with van der Waals surface area (Å²) in [6.45, 7) is 5.44. The molecule has 0 amide bonds. The molecule has 0 radical (unpaired) electrons. The number of hydrogen-bond donors (Lipinski definition) is 0. The molecule has 35 heavy (non-hydrogen) atoms. The van der Waals surface area contributed by atoms with E-state index in [1.54, 1.807) is 31.0 Å². The molecule has 2 aromatic rings. The van der Waals surface area contributed by atoms with Crippen LogP contribution >= 0.6 is 0 Å². The van der Waals surface area contributed by atoms with Crippen molar-refractivity contribution in [3.05, 3.63) is 54.1 Å². The van der Waals surface area contributed by atoms with Gasteiger partial charge in [0.2, 0.25) is 0 Å². The Morgan fingerprint density at radius 3 is 1.97 bits per heavy atom. The fourth-order valence-corrected chi connectivity index (χ4v) is 10.3. The average molecular weight is 491 g/mol. The van der Waals surface area contributed by atoms with Gasteiger partial charge >= 0.3 is 0 Å². The number of ether oxygens (including phenoxy) is 1. The van der Waals surface area contributed by atoms with E-state index in [4.69, 9.17) is 4.74 Å². The first-order chi connectivity index (χ1) is 17.2. The molecule has 2 fully saturated rings. The Hall–Kier alpha value is -1.54. The summed E-state index contributed by atoms with van der Waals surface area (Å²) in [5, 5.41) is 0. The third-order valence-corrected chi connectivity index (χ3v) is 12.8. The SMILES string of the molecule is CCCCCOc1ccc(-c2ccc(CCC3CCC(C4CC[SiH](CCC)CC4)CC3)cc2)cc1. The van der Waals surface area contributed by atoms with E-state index in [0.29, 0.717) is 0 Å². The van der Waals surface area contributed by atoms with Crippen molar-refractivity contribution in [2.45, 2.75) is 109 Å². The molecule has 2 aliphatic rings. The van der Waals surface area contributed by atoms with Gasteiger partial charge in [0.25, 0.3) is 0 Å². The van der Waals surface area contributed by atoms with Crippen LogP contribution in [0.4, 0.5) is 0 Å². The Balaban J connectivity index is 1.16. The third-order valence-electron chi connectivity index (χ3n) is 9.15. The summed E-state index contributed by atoms with van der Waals surface area (Å²) < 4.78 is 5.86. The predicted molar refractivity (Wildman–Crippen MR) is 155 cm³/mol. The van der Waals surface area contributed by atoms with Crippen molar-refractivity contribution in [1.29, 1.82) is 0 Å². The second-order valence-electron chi connectivity index (χ2n) is 11.7. The maximum Gasteiger partial charge on any atom is 0.119 e. The zero-order valence-electron chi connectivity index (χ0n) is 22.7. The smallest absolute Gasteiger partial charge is 0.119 e. The minimum Gasteiger partial charge on any atom is -0.494 e. The van der Waals surface area contributed by atoms with Crippen molar-refractivity contribution in [3.63, 3.8) is 0 Å². The second-order valence-corrected chi connectivity index (χ2v) is 15.1. The van der Waals surface area contributed by atoms with Crippen LogP contribution in [-0.4, -0.2) is 15.4 Å². The first-order valence-corrected chi connectivity index (χ1v) is 17.5. The van der Waals surface area contributed by atoms with Crippen LogP contribution in [0.25, 0.3) is 11.1 Å². The van der Waals surface area contributed by atoms with Gasteiger partial charge in [0.1, 0.15) is 5.75 Å². The topological polar surface area (TPSA) is 9.23 Å². The minimum absolute atomic E-state index is 0.316. The number of hydrogen-bond acceptors (Lipinski definition) is 1. The van der Waals surface area contributed by atoms with Gasteiger partial charge in [0.15, 0.2) is 0 Å². The lowest BCUT2D eigenvalue weighted by Gasteiger charge is -2.37. The van der Waals surface area contributed by atoms with E-state index in [1.165, 1.54) is 74.5 Å². The number of rotatable bonds is 12. The lowest BCUT2D eigenvalue weighted by molar-refractivity contribution is 0.186. The van der Waals surface area contributed by atoms with Crippen LogP contribution in [0.5, 0.6) is 5.75 Å². The third kappa shape index (κ3) is 8.24. The van der Waals surface area contributed by atoms with Gasteiger partial charge in [-0.25, -0.2) is 0 Å². The molecule has 2 heteroatoms. The molecule has 1 aliphatic heterocycles. The Morgan fingerprint density at radius 1 is 0.714 bits per heavy atom. The van der Waals surface area contributed by atoms with E-state index in [2.05, 4.69) is 62.4 Å². The van der Waals surface area contributed by atoms with Crippen molar-refractivity contribution in [3.8, 4) is 16.9 Å². The highest BCUT2D eigenvalue weighted by molar-refractivity contribution is 6.58. The van der Waals surface area contributed by atoms with Gasteiger partial charge in [0.05, 0.1) is 6.61 Å². The van der Waals surface area contributed by atoms with Gasteiger partial charge in [-0.3, -0.25) is 0 Å². The van der Waals surface area contributed by atoms with Gasteiger partial charge in [0, 0.05) is 8.80 Å². The number of aryl methyl sites for hydroxylation is 1. The number of benzene rings is 2. The highest BCUT2D eigenvalue weighted by atomic mass is 28.3. The largest absolute Gasteiger partial charge is 0.494 e. The van der Waals surface area contributed by atoms with Crippen molar-refractivity contribution < 1.29 is 4.74 Å². The van der Waals surface area contributed by atoms with Crippen molar-refractivity contribution in [2.24, 2.45) is 17.8 Å². The lowest BCUT2D eigenvalue weighted by Crippen LogP contribution is -2.28. The highest BCUT2D eigenvalue weighted by Crippen LogP contribution is 2.42. The van der Waals surface area contributed by atoms with Crippen molar-refractivity contribution in [2.75, 3.05) is 6.61 Å². The summed E-state index contributed by atoms with van der Waals surface area (Å²) in [7, 11) is -0.316. The molecule has 1 heterocycles. The van der Waals surface area contributed by atoms with Gasteiger partial charge < -0.3 is 4.74 Å². The highest BCUT2D eigenvalue weighted by Gasteiger charge is 2.30. The molecule has 0 atom stereocenters. The average Bonchev–Trinajstić information content (AvgIpc) is 2.92. The predicted octanol–water partition coefficient (Wildman–Crippen LogP) is 9.71. The molecule has 1 saturated heterocycles. The van der Waals surface area contributed by atoms with Crippen LogP contribution in [0.15, 0.2) is 48.5 Å². The maximum atomic E-state index is 5.86. The first kappa shape index (κ1) is 26.5. The summed E-state index contributed by atoms with van der Waals surface area (Å²) >= 11 is 0. The molecule has 1 saturated carbocycles. The molecule has 1 nitrogen and oxygen atoms in total.